The Kier molecular flexibility index (Phi) is 5.80. The number of carbonyl (C=O) groups is 1. The van der Waals surface area contributed by atoms with Gasteiger partial charge < -0.3 is 5.32 Å². The molecule has 2 aromatic carbocycles. The summed E-state index contributed by atoms with van der Waals surface area (Å²) in [6, 6.07) is 14.0. The van der Waals surface area contributed by atoms with Gasteiger partial charge >= 0.3 is 5.69 Å². The molecule has 0 aliphatic rings. The zero-order valence-corrected chi connectivity index (χ0v) is 16.4. The first-order chi connectivity index (χ1) is 13.4. The zero-order valence-electron chi connectivity index (χ0n) is 15.6. The molecule has 6 nitrogen and oxygen atoms in total. The summed E-state index contributed by atoms with van der Waals surface area (Å²) in [6.07, 6.45) is 1.41. The van der Waals surface area contributed by atoms with Crippen molar-refractivity contribution in [3.63, 3.8) is 0 Å². The van der Waals surface area contributed by atoms with E-state index in [4.69, 9.17) is 11.6 Å². The number of anilines is 1. The van der Waals surface area contributed by atoms with E-state index in [0.29, 0.717) is 10.7 Å². The molecule has 3 aromatic rings. The molecule has 0 aliphatic carbocycles. The van der Waals surface area contributed by atoms with Crippen molar-refractivity contribution in [2.75, 3.05) is 5.32 Å². The van der Waals surface area contributed by atoms with Crippen LogP contribution in [0.1, 0.15) is 16.7 Å². The third kappa shape index (κ3) is 4.23. The minimum Gasteiger partial charge on any atom is -0.324 e. The molecule has 0 saturated heterocycles. The summed E-state index contributed by atoms with van der Waals surface area (Å²) in [5.41, 5.74) is 2.28. The molecule has 0 radical (unpaired) electrons. The summed E-state index contributed by atoms with van der Waals surface area (Å²) < 4.78 is 2.27. The highest BCUT2D eigenvalue weighted by molar-refractivity contribution is 6.31. The van der Waals surface area contributed by atoms with Crippen molar-refractivity contribution >= 4 is 23.2 Å². The van der Waals surface area contributed by atoms with Crippen LogP contribution in [0.5, 0.6) is 0 Å². The molecule has 0 atom stereocenters. The number of hydrogen-bond acceptors (Lipinski definition) is 3. The Hall–Kier alpha value is -3.12. The lowest BCUT2D eigenvalue weighted by molar-refractivity contribution is -0.116. The summed E-state index contributed by atoms with van der Waals surface area (Å²) in [6.45, 7) is 3.68. The summed E-state index contributed by atoms with van der Waals surface area (Å²) in [5, 5.41) is 3.29. The van der Waals surface area contributed by atoms with Gasteiger partial charge in [-0.1, -0.05) is 41.9 Å². The van der Waals surface area contributed by atoms with Gasteiger partial charge in [0.05, 0.1) is 6.54 Å². The molecule has 1 heterocycles. The van der Waals surface area contributed by atoms with E-state index < -0.39 is 17.2 Å². The van der Waals surface area contributed by atoms with Crippen molar-refractivity contribution < 1.29 is 4.79 Å². The maximum atomic E-state index is 12.7. The Morgan fingerprint density at radius 1 is 1.04 bits per heavy atom. The van der Waals surface area contributed by atoms with Crippen molar-refractivity contribution in [2.24, 2.45) is 0 Å². The average molecular weight is 398 g/mol. The van der Waals surface area contributed by atoms with E-state index in [1.54, 1.807) is 24.3 Å². The van der Waals surface area contributed by atoms with E-state index in [1.165, 1.54) is 16.8 Å². The van der Waals surface area contributed by atoms with Gasteiger partial charge in [-0.15, -0.1) is 0 Å². The normalized spacial score (nSPS) is 10.7. The SMILES string of the molecule is Cc1cccc(NC(=O)Cn2c(=O)ccn(Cc3ccccc3Cl)c2=O)c1C. The van der Waals surface area contributed by atoms with Gasteiger partial charge in [-0.2, -0.15) is 0 Å². The van der Waals surface area contributed by atoms with E-state index in [0.717, 1.165) is 21.3 Å². The van der Waals surface area contributed by atoms with Gasteiger partial charge in [0.25, 0.3) is 5.56 Å². The highest BCUT2D eigenvalue weighted by Crippen LogP contribution is 2.18. The molecule has 0 unspecified atom stereocenters. The van der Waals surface area contributed by atoms with Crippen molar-refractivity contribution in [2.45, 2.75) is 26.9 Å². The van der Waals surface area contributed by atoms with Gasteiger partial charge in [-0.25, -0.2) is 4.79 Å². The van der Waals surface area contributed by atoms with Crippen LogP contribution in [0.4, 0.5) is 5.69 Å². The molecule has 0 fully saturated rings. The molecule has 0 aliphatic heterocycles. The van der Waals surface area contributed by atoms with Gasteiger partial charge in [-0.05, 0) is 42.7 Å². The van der Waals surface area contributed by atoms with E-state index in [1.807, 2.05) is 32.0 Å². The first-order valence-electron chi connectivity index (χ1n) is 8.76. The molecule has 1 aromatic heterocycles. The van der Waals surface area contributed by atoms with Gasteiger partial charge in [0.1, 0.15) is 6.54 Å². The zero-order chi connectivity index (χ0) is 20.3. The number of aromatic nitrogens is 2. The van der Waals surface area contributed by atoms with Crippen molar-refractivity contribution in [1.29, 1.82) is 0 Å². The van der Waals surface area contributed by atoms with Crippen LogP contribution in [0.2, 0.25) is 5.02 Å². The van der Waals surface area contributed by atoms with Crippen LogP contribution >= 0.6 is 11.6 Å². The molecule has 1 amide bonds. The topological polar surface area (TPSA) is 73.1 Å². The summed E-state index contributed by atoms with van der Waals surface area (Å²) in [4.78, 5) is 37.3. The van der Waals surface area contributed by atoms with Gasteiger partial charge in [0.2, 0.25) is 5.91 Å². The van der Waals surface area contributed by atoms with Crippen LogP contribution in [0.3, 0.4) is 0 Å². The van der Waals surface area contributed by atoms with E-state index >= 15 is 0 Å². The van der Waals surface area contributed by atoms with Crippen LogP contribution in [-0.4, -0.2) is 15.0 Å². The fourth-order valence-electron chi connectivity index (χ4n) is 2.85. The molecule has 0 bridgehead atoms. The number of nitrogens with one attached hydrogen (secondary N) is 1. The molecular formula is C21H20ClN3O3. The molecule has 1 N–H and O–H groups in total. The first kappa shape index (κ1) is 19.6. The number of rotatable bonds is 5. The number of halogens is 1. The first-order valence-corrected chi connectivity index (χ1v) is 9.14. The highest BCUT2D eigenvalue weighted by atomic mass is 35.5. The molecule has 0 saturated carbocycles. The van der Waals surface area contributed by atoms with Gasteiger partial charge in [0, 0.05) is 23.0 Å². The number of benzene rings is 2. The third-order valence-electron chi connectivity index (χ3n) is 4.62. The number of amides is 1. The predicted octanol–water partition coefficient (Wildman–Crippen LogP) is 2.97. The third-order valence-corrected chi connectivity index (χ3v) is 4.99. The standard InChI is InChI=1S/C21H20ClN3O3/c1-14-6-5-9-18(15(14)2)23-19(26)13-25-20(27)10-11-24(21(25)28)12-16-7-3-4-8-17(16)22/h3-11H,12-13H2,1-2H3,(H,23,26). The molecule has 7 heteroatoms. The summed E-state index contributed by atoms with van der Waals surface area (Å²) in [5.74, 6) is -0.441. The van der Waals surface area contributed by atoms with Crippen LogP contribution in [0.25, 0.3) is 0 Å². The second-order valence-corrected chi connectivity index (χ2v) is 6.94. The van der Waals surface area contributed by atoms with Crippen LogP contribution in [-0.2, 0) is 17.9 Å². The fraction of sp³-hybridized carbons (Fsp3) is 0.190. The van der Waals surface area contributed by atoms with Crippen molar-refractivity contribution in [1.82, 2.24) is 9.13 Å². The summed E-state index contributed by atoms with van der Waals surface area (Å²) >= 11 is 6.15. The second-order valence-electron chi connectivity index (χ2n) is 6.54. The van der Waals surface area contributed by atoms with Crippen molar-refractivity contribution in [3.05, 3.63) is 97.3 Å². The predicted molar refractivity (Wildman–Crippen MR) is 110 cm³/mol. The lowest BCUT2D eigenvalue weighted by atomic mass is 10.1. The average Bonchev–Trinajstić information content (AvgIpc) is 2.66. The smallest absolute Gasteiger partial charge is 0.324 e. The van der Waals surface area contributed by atoms with E-state index in [2.05, 4.69) is 5.32 Å². The number of carbonyl (C=O) groups excluding carboxylic acids is 1. The van der Waals surface area contributed by atoms with Crippen molar-refractivity contribution in [3.8, 4) is 0 Å². The van der Waals surface area contributed by atoms with E-state index in [-0.39, 0.29) is 13.1 Å². The lowest BCUT2D eigenvalue weighted by Crippen LogP contribution is -2.41. The number of hydrogen-bond donors (Lipinski definition) is 1. The summed E-state index contributed by atoms with van der Waals surface area (Å²) in [7, 11) is 0. The second kappa shape index (κ2) is 8.27. The quantitative estimate of drug-likeness (QED) is 0.719. The molecule has 28 heavy (non-hydrogen) atoms. The molecule has 0 spiro atoms. The minimum absolute atomic E-state index is 0.206. The van der Waals surface area contributed by atoms with Crippen LogP contribution in [0, 0.1) is 13.8 Å². The molecule has 144 valence electrons. The number of nitrogens with zero attached hydrogens (tertiary/aromatic N) is 2. The Morgan fingerprint density at radius 2 is 1.79 bits per heavy atom. The minimum atomic E-state index is -0.566. The number of aryl methyl sites for hydroxylation is 1. The maximum absolute atomic E-state index is 12.7. The van der Waals surface area contributed by atoms with Gasteiger partial charge in [0.15, 0.2) is 0 Å². The highest BCUT2D eigenvalue weighted by Gasteiger charge is 2.12. The largest absolute Gasteiger partial charge is 0.331 e. The van der Waals surface area contributed by atoms with E-state index in [9.17, 15) is 14.4 Å². The Morgan fingerprint density at radius 3 is 2.54 bits per heavy atom. The van der Waals surface area contributed by atoms with Crippen LogP contribution in [0.15, 0.2) is 64.3 Å². The Balaban J connectivity index is 1.85. The molecular weight excluding hydrogens is 378 g/mol. The Bertz CT molecular complexity index is 1150. The fourth-order valence-corrected chi connectivity index (χ4v) is 3.05. The lowest BCUT2D eigenvalue weighted by Gasteiger charge is -2.13. The monoisotopic (exact) mass is 397 g/mol. The Labute approximate surface area is 167 Å². The van der Waals surface area contributed by atoms with Gasteiger partial charge in [-0.3, -0.25) is 18.7 Å². The maximum Gasteiger partial charge on any atom is 0.331 e. The molecule has 3 rings (SSSR count). The van der Waals surface area contributed by atoms with Crippen LogP contribution < -0.4 is 16.6 Å².